The summed E-state index contributed by atoms with van der Waals surface area (Å²) >= 11 is 0. The zero-order valence-corrected chi connectivity index (χ0v) is 12.7. The van der Waals surface area contributed by atoms with Crippen molar-refractivity contribution in [3.8, 4) is 0 Å². The Balaban J connectivity index is 1.67. The van der Waals surface area contributed by atoms with Crippen LogP contribution in [0.5, 0.6) is 0 Å². The second-order valence-electron chi connectivity index (χ2n) is 6.35. The molecular weight excluding hydrogens is 283 g/mol. The number of aliphatic hydroxyl groups excluding tert-OH is 1. The van der Waals surface area contributed by atoms with Gasteiger partial charge in [0, 0.05) is 25.6 Å². The van der Waals surface area contributed by atoms with Crippen LogP contribution in [-0.2, 0) is 4.79 Å². The van der Waals surface area contributed by atoms with E-state index in [9.17, 15) is 14.3 Å². The van der Waals surface area contributed by atoms with Crippen molar-refractivity contribution < 1.29 is 14.3 Å². The zero-order valence-electron chi connectivity index (χ0n) is 12.7. The van der Waals surface area contributed by atoms with E-state index in [1.54, 1.807) is 4.90 Å². The Morgan fingerprint density at radius 1 is 1.45 bits per heavy atom. The summed E-state index contributed by atoms with van der Waals surface area (Å²) < 4.78 is 14.7. The molecule has 22 heavy (non-hydrogen) atoms. The maximum absolute atomic E-state index is 14.7. The average Bonchev–Trinajstić information content (AvgIpc) is 3.17. The van der Waals surface area contributed by atoms with Gasteiger partial charge >= 0.3 is 0 Å². The van der Waals surface area contributed by atoms with Crippen LogP contribution in [0.1, 0.15) is 37.4 Å². The minimum absolute atomic E-state index is 0.0732. The molecule has 0 saturated carbocycles. The summed E-state index contributed by atoms with van der Waals surface area (Å²) in [4.78, 5) is 14.2. The normalized spacial score (nSPS) is 29.7. The second kappa shape index (κ2) is 6.34. The first kappa shape index (κ1) is 15.4. The SMILES string of the molecule is O=C(N1CCCC1CC(O)c1ccccc1)C1(F)CCNC1. The van der Waals surface area contributed by atoms with E-state index in [2.05, 4.69) is 5.32 Å². The molecule has 1 aromatic rings. The van der Waals surface area contributed by atoms with Crippen LogP contribution < -0.4 is 5.32 Å². The standard InChI is InChI=1S/C17H23FN2O2/c18-17(8-9-19-12-17)16(22)20-10-4-7-14(20)11-15(21)13-5-2-1-3-6-13/h1-3,5-6,14-15,19,21H,4,7-12H2. The lowest BCUT2D eigenvalue weighted by Crippen LogP contribution is -2.49. The molecule has 4 nitrogen and oxygen atoms in total. The quantitative estimate of drug-likeness (QED) is 0.892. The summed E-state index contributed by atoms with van der Waals surface area (Å²) in [5, 5.41) is 13.3. The van der Waals surface area contributed by atoms with Crippen LogP contribution in [0.25, 0.3) is 0 Å². The minimum atomic E-state index is -1.76. The fourth-order valence-corrected chi connectivity index (χ4v) is 3.52. The number of amides is 1. The molecule has 0 bridgehead atoms. The van der Waals surface area contributed by atoms with Gasteiger partial charge in [-0.25, -0.2) is 4.39 Å². The van der Waals surface area contributed by atoms with E-state index in [-0.39, 0.29) is 19.0 Å². The van der Waals surface area contributed by atoms with E-state index in [1.165, 1.54) is 0 Å². The molecule has 1 amide bonds. The second-order valence-corrected chi connectivity index (χ2v) is 6.35. The van der Waals surface area contributed by atoms with Gasteiger partial charge in [0.15, 0.2) is 0 Å². The molecule has 2 heterocycles. The van der Waals surface area contributed by atoms with Crippen LogP contribution in [0, 0.1) is 0 Å². The molecule has 3 atom stereocenters. The highest BCUT2D eigenvalue weighted by molar-refractivity contribution is 5.86. The first-order chi connectivity index (χ1) is 10.6. The summed E-state index contributed by atoms with van der Waals surface area (Å²) in [6, 6.07) is 9.36. The Morgan fingerprint density at radius 3 is 2.91 bits per heavy atom. The Labute approximate surface area is 130 Å². The smallest absolute Gasteiger partial charge is 0.261 e. The summed E-state index contributed by atoms with van der Waals surface area (Å²) in [5.74, 6) is -0.403. The Hall–Kier alpha value is -1.46. The van der Waals surface area contributed by atoms with E-state index in [0.29, 0.717) is 19.5 Å². The number of alkyl halides is 1. The number of nitrogens with zero attached hydrogens (tertiary/aromatic N) is 1. The highest BCUT2D eigenvalue weighted by Gasteiger charge is 2.46. The molecule has 3 rings (SSSR count). The summed E-state index contributed by atoms with van der Waals surface area (Å²) in [6.45, 7) is 1.25. The molecule has 1 aromatic carbocycles. The number of carbonyl (C=O) groups is 1. The average molecular weight is 306 g/mol. The summed E-state index contributed by atoms with van der Waals surface area (Å²) in [5.41, 5.74) is -0.917. The lowest BCUT2D eigenvalue weighted by Gasteiger charge is -2.31. The van der Waals surface area contributed by atoms with Gasteiger partial charge in [0.2, 0.25) is 5.67 Å². The Bertz CT molecular complexity index is 517. The van der Waals surface area contributed by atoms with Gasteiger partial charge in [-0.2, -0.15) is 0 Å². The van der Waals surface area contributed by atoms with E-state index in [4.69, 9.17) is 0 Å². The molecule has 0 aromatic heterocycles. The lowest BCUT2D eigenvalue weighted by molar-refractivity contribution is -0.144. The largest absolute Gasteiger partial charge is 0.388 e. The summed E-state index contributed by atoms with van der Waals surface area (Å²) in [7, 11) is 0. The van der Waals surface area contributed by atoms with E-state index in [0.717, 1.165) is 18.4 Å². The molecule has 2 N–H and O–H groups in total. The van der Waals surface area contributed by atoms with Crippen LogP contribution in [0.2, 0.25) is 0 Å². The molecule has 2 fully saturated rings. The van der Waals surface area contributed by atoms with Crippen molar-refractivity contribution in [3.63, 3.8) is 0 Å². The molecule has 5 heteroatoms. The predicted molar refractivity (Wildman–Crippen MR) is 82.1 cm³/mol. The molecule has 2 saturated heterocycles. The van der Waals surface area contributed by atoms with Crippen molar-refractivity contribution in [1.82, 2.24) is 10.2 Å². The van der Waals surface area contributed by atoms with Gasteiger partial charge in [-0.1, -0.05) is 30.3 Å². The fraction of sp³-hybridized carbons (Fsp3) is 0.588. The minimum Gasteiger partial charge on any atom is -0.388 e. The summed E-state index contributed by atoms with van der Waals surface area (Å²) in [6.07, 6.45) is 1.81. The van der Waals surface area contributed by atoms with Gasteiger partial charge in [-0.15, -0.1) is 0 Å². The van der Waals surface area contributed by atoms with E-state index in [1.807, 2.05) is 30.3 Å². The fourth-order valence-electron chi connectivity index (χ4n) is 3.52. The first-order valence-electron chi connectivity index (χ1n) is 8.04. The third-order valence-electron chi connectivity index (χ3n) is 4.80. The van der Waals surface area contributed by atoms with Crippen LogP contribution in [0.15, 0.2) is 30.3 Å². The zero-order chi connectivity index (χ0) is 15.6. The Morgan fingerprint density at radius 2 is 2.23 bits per heavy atom. The molecule has 0 radical (unpaired) electrons. The number of hydrogen-bond donors (Lipinski definition) is 2. The highest BCUT2D eigenvalue weighted by Crippen LogP contribution is 2.31. The van der Waals surface area contributed by atoms with Crippen molar-refractivity contribution in [2.75, 3.05) is 19.6 Å². The maximum Gasteiger partial charge on any atom is 0.261 e. The molecular formula is C17H23FN2O2. The van der Waals surface area contributed by atoms with Crippen molar-refractivity contribution in [3.05, 3.63) is 35.9 Å². The molecule has 2 aliphatic heterocycles. The molecule has 120 valence electrons. The number of hydrogen-bond acceptors (Lipinski definition) is 3. The van der Waals surface area contributed by atoms with Crippen molar-refractivity contribution in [1.29, 1.82) is 0 Å². The number of aliphatic hydroxyl groups is 1. The Kier molecular flexibility index (Phi) is 4.45. The van der Waals surface area contributed by atoms with Gasteiger partial charge < -0.3 is 15.3 Å². The number of likely N-dealkylation sites (tertiary alicyclic amines) is 1. The topological polar surface area (TPSA) is 52.6 Å². The lowest BCUT2D eigenvalue weighted by atomic mass is 9.98. The third-order valence-corrected chi connectivity index (χ3v) is 4.80. The van der Waals surface area contributed by atoms with Crippen LogP contribution in [0.4, 0.5) is 4.39 Å². The van der Waals surface area contributed by atoms with Crippen molar-refractivity contribution >= 4 is 5.91 Å². The number of benzene rings is 1. The van der Waals surface area contributed by atoms with Gasteiger partial charge in [0.1, 0.15) is 0 Å². The van der Waals surface area contributed by atoms with Gasteiger partial charge in [-0.05, 0) is 31.4 Å². The van der Waals surface area contributed by atoms with Crippen LogP contribution in [0.3, 0.4) is 0 Å². The number of carbonyl (C=O) groups excluding carboxylic acids is 1. The molecule has 2 aliphatic rings. The van der Waals surface area contributed by atoms with Gasteiger partial charge in [0.25, 0.3) is 5.91 Å². The maximum atomic E-state index is 14.7. The number of halogens is 1. The van der Waals surface area contributed by atoms with Crippen molar-refractivity contribution in [2.45, 2.75) is 43.5 Å². The number of rotatable bonds is 4. The van der Waals surface area contributed by atoms with Crippen LogP contribution in [-0.4, -0.2) is 47.3 Å². The molecule has 0 spiro atoms. The van der Waals surface area contributed by atoms with Gasteiger partial charge in [0.05, 0.1) is 6.10 Å². The highest BCUT2D eigenvalue weighted by atomic mass is 19.1. The molecule has 3 unspecified atom stereocenters. The number of nitrogens with one attached hydrogen (secondary N) is 1. The monoisotopic (exact) mass is 306 g/mol. The third kappa shape index (κ3) is 3.01. The van der Waals surface area contributed by atoms with Crippen molar-refractivity contribution in [2.24, 2.45) is 0 Å². The van der Waals surface area contributed by atoms with Crippen LogP contribution >= 0.6 is 0 Å². The van der Waals surface area contributed by atoms with Gasteiger partial charge in [-0.3, -0.25) is 4.79 Å². The molecule has 0 aliphatic carbocycles. The van der Waals surface area contributed by atoms with E-state index < -0.39 is 17.7 Å². The van der Waals surface area contributed by atoms with E-state index >= 15 is 0 Å². The first-order valence-corrected chi connectivity index (χ1v) is 8.04. The predicted octanol–water partition coefficient (Wildman–Crippen LogP) is 1.80.